The molecule has 0 spiro atoms. The molecular formula is C12H9N3O2S2. The van der Waals surface area contributed by atoms with Gasteiger partial charge in [0.05, 0.1) is 15.1 Å². The van der Waals surface area contributed by atoms with Crippen molar-refractivity contribution in [2.24, 2.45) is 0 Å². The highest BCUT2D eigenvalue weighted by atomic mass is 32.1. The van der Waals surface area contributed by atoms with E-state index in [1.165, 1.54) is 11.3 Å². The van der Waals surface area contributed by atoms with Crippen LogP contribution in [0.25, 0.3) is 10.2 Å². The molecule has 2 aromatic heterocycles. The van der Waals surface area contributed by atoms with E-state index in [-0.39, 0.29) is 10.6 Å². The van der Waals surface area contributed by atoms with E-state index in [2.05, 4.69) is 10.3 Å². The molecule has 0 atom stereocenters. The number of benzene rings is 1. The summed E-state index contributed by atoms with van der Waals surface area (Å²) in [5.74, 6) is 0. The molecule has 0 saturated heterocycles. The highest BCUT2D eigenvalue weighted by Gasteiger charge is 2.20. The number of aromatic nitrogens is 1. The van der Waals surface area contributed by atoms with Crippen molar-refractivity contribution in [2.45, 2.75) is 6.54 Å². The largest absolute Gasteiger partial charge is 0.375 e. The number of hydrogen-bond donors (Lipinski definition) is 1. The molecule has 1 aromatic carbocycles. The maximum Gasteiger partial charge on any atom is 0.319 e. The van der Waals surface area contributed by atoms with Gasteiger partial charge in [0.1, 0.15) is 5.69 Å². The normalized spacial score (nSPS) is 10.7. The Morgan fingerprint density at radius 2 is 2.21 bits per heavy atom. The van der Waals surface area contributed by atoms with Crippen LogP contribution >= 0.6 is 22.7 Å². The minimum absolute atomic E-state index is 0.0512. The number of nitro benzene ring substituents is 1. The monoisotopic (exact) mass is 291 g/mol. The molecule has 5 nitrogen and oxygen atoms in total. The molecule has 3 rings (SSSR count). The van der Waals surface area contributed by atoms with Crippen LogP contribution in [-0.2, 0) is 6.54 Å². The number of thiazole rings is 1. The van der Waals surface area contributed by atoms with Gasteiger partial charge >= 0.3 is 5.69 Å². The van der Waals surface area contributed by atoms with Gasteiger partial charge in [-0.1, -0.05) is 6.07 Å². The number of nitrogens with one attached hydrogen (secondary N) is 1. The van der Waals surface area contributed by atoms with E-state index in [9.17, 15) is 10.1 Å². The SMILES string of the molecule is O=[N+]([O-])c1c(NCc2cccs2)ccc2scnc12. The van der Waals surface area contributed by atoms with Crippen LogP contribution in [0.5, 0.6) is 0 Å². The first kappa shape index (κ1) is 12.1. The zero-order valence-electron chi connectivity index (χ0n) is 9.70. The number of thiophene rings is 1. The number of anilines is 1. The van der Waals surface area contributed by atoms with Gasteiger partial charge in [0, 0.05) is 11.4 Å². The standard InChI is InChI=1S/C12H9N3O2S2/c16-15(17)12-9(13-6-8-2-1-5-18-8)3-4-10-11(12)14-7-19-10/h1-5,7,13H,6H2. The predicted molar refractivity (Wildman–Crippen MR) is 77.9 cm³/mol. The summed E-state index contributed by atoms with van der Waals surface area (Å²) in [7, 11) is 0. The van der Waals surface area contributed by atoms with Crippen molar-refractivity contribution in [1.29, 1.82) is 0 Å². The van der Waals surface area contributed by atoms with Crippen LogP contribution in [-0.4, -0.2) is 9.91 Å². The van der Waals surface area contributed by atoms with Gasteiger partial charge < -0.3 is 5.32 Å². The van der Waals surface area contributed by atoms with Gasteiger partial charge in [-0.2, -0.15) is 0 Å². The average molecular weight is 291 g/mol. The summed E-state index contributed by atoms with van der Waals surface area (Å²) in [4.78, 5) is 16.1. The molecule has 0 bridgehead atoms. The van der Waals surface area contributed by atoms with E-state index in [0.717, 1.165) is 9.58 Å². The first-order valence-corrected chi connectivity index (χ1v) is 7.28. The van der Waals surface area contributed by atoms with Crippen molar-refractivity contribution in [3.63, 3.8) is 0 Å². The number of hydrogen-bond acceptors (Lipinski definition) is 6. The fraction of sp³-hybridized carbons (Fsp3) is 0.0833. The third-order valence-corrected chi connectivity index (χ3v) is 4.36. The Morgan fingerprint density at radius 1 is 1.32 bits per heavy atom. The topological polar surface area (TPSA) is 68.1 Å². The van der Waals surface area contributed by atoms with Gasteiger partial charge in [0.2, 0.25) is 0 Å². The molecule has 3 aromatic rings. The molecule has 0 saturated carbocycles. The molecule has 0 unspecified atom stereocenters. The smallest absolute Gasteiger partial charge is 0.319 e. The molecule has 0 aliphatic carbocycles. The molecule has 0 radical (unpaired) electrons. The second kappa shape index (κ2) is 4.94. The quantitative estimate of drug-likeness (QED) is 0.585. The van der Waals surface area contributed by atoms with E-state index in [1.54, 1.807) is 22.9 Å². The number of fused-ring (bicyclic) bond motifs is 1. The number of rotatable bonds is 4. The second-order valence-corrected chi connectivity index (χ2v) is 5.77. The fourth-order valence-electron chi connectivity index (χ4n) is 1.84. The number of nitro groups is 1. The lowest BCUT2D eigenvalue weighted by molar-refractivity contribution is -0.382. The zero-order chi connectivity index (χ0) is 13.2. The lowest BCUT2D eigenvalue weighted by atomic mass is 10.2. The molecule has 96 valence electrons. The van der Waals surface area contributed by atoms with E-state index in [1.807, 2.05) is 23.6 Å². The van der Waals surface area contributed by atoms with Crippen molar-refractivity contribution in [3.8, 4) is 0 Å². The maximum absolute atomic E-state index is 11.2. The lowest BCUT2D eigenvalue weighted by Crippen LogP contribution is -2.01. The molecule has 1 N–H and O–H groups in total. The van der Waals surface area contributed by atoms with Crippen molar-refractivity contribution < 1.29 is 4.92 Å². The summed E-state index contributed by atoms with van der Waals surface area (Å²) in [6.07, 6.45) is 0. The molecule has 0 fully saturated rings. The van der Waals surface area contributed by atoms with Crippen molar-refractivity contribution in [1.82, 2.24) is 4.98 Å². The van der Waals surface area contributed by atoms with Crippen LogP contribution in [0, 0.1) is 10.1 Å². The van der Waals surface area contributed by atoms with Gasteiger partial charge in [-0.25, -0.2) is 4.98 Å². The van der Waals surface area contributed by atoms with Gasteiger partial charge in [0.15, 0.2) is 5.52 Å². The first-order valence-electron chi connectivity index (χ1n) is 5.52. The summed E-state index contributed by atoms with van der Waals surface area (Å²) in [5.41, 5.74) is 2.64. The van der Waals surface area contributed by atoms with E-state index < -0.39 is 0 Å². The van der Waals surface area contributed by atoms with Crippen molar-refractivity contribution in [2.75, 3.05) is 5.32 Å². The molecule has 7 heteroatoms. The lowest BCUT2D eigenvalue weighted by Gasteiger charge is -2.06. The molecule has 0 amide bonds. The maximum atomic E-state index is 11.2. The Hall–Kier alpha value is -1.99. The van der Waals surface area contributed by atoms with Crippen LogP contribution in [0.4, 0.5) is 11.4 Å². The molecule has 0 aliphatic heterocycles. The van der Waals surface area contributed by atoms with Gasteiger partial charge in [-0.3, -0.25) is 10.1 Å². The van der Waals surface area contributed by atoms with Gasteiger partial charge in [0.25, 0.3) is 0 Å². The van der Waals surface area contributed by atoms with Crippen LogP contribution in [0.2, 0.25) is 0 Å². The minimum Gasteiger partial charge on any atom is -0.375 e. The summed E-state index contributed by atoms with van der Waals surface area (Å²) >= 11 is 3.02. The Balaban J connectivity index is 1.97. The molecule has 2 heterocycles. The summed E-state index contributed by atoms with van der Waals surface area (Å²) < 4.78 is 0.827. The van der Waals surface area contributed by atoms with Crippen LogP contribution < -0.4 is 5.32 Å². The van der Waals surface area contributed by atoms with Crippen LogP contribution in [0.3, 0.4) is 0 Å². The summed E-state index contributed by atoms with van der Waals surface area (Å²) in [6, 6.07) is 7.55. The first-order chi connectivity index (χ1) is 9.25. The zero-order valence-corrected chi connectivity index (χ0v) is 11.3. The molecule has 19 heavy (non-hydrogen) atoms. The molecule has 0 aliphatic rings. The molecular weight excluding hydrogens is 282 g/mol. The Bertz CT molecular complexity index is 722. The summed E-state index contributed by atoms with van der Waals surface area (Å²) in [6.45, 7) is 0.578. The van der Waals surface area contributed by atoms with Crippen molar-refractivity contribution >= 4 is 44.3 Å². The third-order valence-electron chi connectivity index (χ3n) is 2.69. The highest BCUT2D eigenvalue weighted by molar-refractivity contribution is 7.16. The van der Waals surface area contributed by atoms with E-state index >= 15 is 0 Å². The predicted octanol–water partition coefficient (Wildman–Crippen LogP) is 3.88. The Labute approximate surface area is 116 Å². The fourth-order valence-corrected chi connectivity index (χ4v) is 3.16. The Morgan fingerprint density at radius 3 is 2.95 bits per heavy atom. The third kappa shape index (κ3) is 2.29. The second-order valence-electron chi connectivity index (χ2n) is 3.85. The summed E-state index contributed by atoms with van der Waals surface area (Å²) in [5, 5.41) is 16.3. The van der Waals surface area contributed by atoms with E-state index in [4.69, 9.17) is 0 Å². The van der Waals surface area contributed by atoms with Crippen LogP contribution in [0.1, 0.15) is 4.88 Å². The van der Waals surface area contributed by atoms with Gasteiger partial charge in [-0.05, 0) is 23.6 Å². The average Bonchev–Trinajstić information content (AvgIpc) is 3.06. The van der Waals surface area contributed by atoms with E-state index in [0.29, 0.717) is 17.7 Å². The van der Waals surface area contributed by atoms with Crippen LogP contribution in [0.15, 0.2) is 35.2 Å². The van der Waals surface area contributed by atoms with Gasteiger partial charge in [-0.15, -0.1) is 22.7 Å². The Kier molecular flexibility index (Phi) is 3.14. The number of nitrogens with zero attached hydrogens (tertiary/aromatic N) is 2. The minimum atomic E-state index is -0.376. The highest BCUT2D eigenvalue weighted by Crippen LogP contribution is 2.34. The van der Waals surface area contributed by atoms with Crippen molar-refractivity contribution in [3.05, 3.63) is 50.1 Å².